The van der Waals surface area contributed by atoms with Crippen LogP contribution in [0.5, 0.6) is 0 Å². The Labute approximate surface area is 96.8 Å². The molecule has 0 saturated carbocycles. The average molecular weight is 255 g/mol. The van der Waals surface area contributed by atoms with E-state index in [1.807, 2.05) is 14.1 Å². The summed E-state index contributed by atoms with van der Waals surface area (Å²) in [4.78, 5) is 1.79. The highest BCUT2D eigenvalue weighted by atomic mass is 35.7. The molecule has 0 amide bonds. The average Bonchev–Trinajstić information content (AvgIpc) is 2.09. The van der Waals surface area contributed by atoms with Crippen LogP contribution in [0.3, 0.4) is 0 Å². The maximum atomic E-state index is 10.1. The smallest absolute Gasteiger partial charge is 0.393 e. The van der Waals surface area contributed by atoms with Gasteiger partial charge in [0.1, 0.15) is 17.6 Å². The minimum absolute atomic E-state index is 0.331. The number of halogens is 1. The maximum absolute atomic E-state index is 10.1. The van der Waals surface area contributed by atoms with E-state index in [0.29, 0.717) is 12.1 Å². The molecule has 0 heterocycles. The van der Waals surface area contributed by atoms with Gasteiger partial charge in [-0.05, 0) is 0 Å². The Morgan fingerprint density at radius 1 is 1.44 bits per heavy atom. The van der Waals surface area contributed by atoms with Gasteiger partial charge in [0, 0.05) is 26.0 Å². The van der Waals surface area contributed by atoms with Gasteiger partial charge in [-0.15, -0.1) is 0 Å². The highest BCUT2D eigenvalue weighted by Crippen LogP contribution is 1.92. The largest absolute Gasteiger partial charge is 0.400 e. The zero-order valence-electron chi connectivity index (χ0n) is 9.55. The lowest BCUT2D eigenvalue weighted by molar-refractivity contribution is -1.92. The summed E-state index contributed by atoms with van der Waals surface area (Å²) in [7, 11) is 0.865. The van der Waals surface area contributed by atoms with E-state index in [4.69, 9.17) is 5.73 Å². The van der Waals surface area contributed by atoms with Gasteiger partial charge in [0.25, 0.3) is 0 Å². The maximum Gasteiger partial charge on any atom is 0.393 e. The molecule has 0 rings (SSSR count). The van der Waals surface area contributed by atoms with Gasteiger partial charge >= 0.3 is 6.73 Å². The van der Waals surface area contributed by atoms with Gasteiger partial charge < -0.3 is 10.6 Å². The SMILES string of the molecule is CN(C)C=C(N)CC=[N+](C)CO[Cl+3]([O-])([O-])[O-]. The van der Waals surface area contributed by atoms with Crippen molar-refractivity contribution < 1.29 is 33.1 Å². The number of rotatable bonds is 6. The van der Waals surface area contributed by atoms with Gasteiger partial charge in [-0.1, -0.05) is 0 Å². The Bertz CT molecular complexity index is 273. The number of hydrogen-bond donors (Lipinski definition) is 1. The fraction of sp³-hybridized carbons (Fsp3) is 0.625. The van der Waals surface area contributed by atoms with Crippen LogP contribution in [0, 0.1) is 10.2 Å². The van der Waals surface area contributed by atoms with Crippen molar-refractivity contribution in [1.29, 1.82) is 0 Å². The van der Waals surface area contributed by atoms with Crippen molar-refractivity contribution in [3.05, 3.63) is 11.9 Å². The van der Waals surface area contributed by atoms with Crippen LogP contribution in [-0.2, 0) is 4.29 Å². The first-order valence-electron chi connectivity index (χ1n) is 4.42. The first-order valence-corrected chi connectivity index (χ1v) is 5.65. The molecule has 0 radical (unpaired) electrons. The highest BCUT2D eigenvalue weighted by molar-refractivity contribution is 5.55. The standard InChI is InChI=1S/C8H17ClN3O4/c1-11(2)6-8(10)4-5-12(3)7-16-9(13,14)15/h5-6H,4,7,10H2,1-3H3/q+1. The second-order valence-corrected chi connectivity index (χ2v) is 4.40. The minimum atomic E-state index is -4.38. The molecule has 0 saturated heterocycles. The molecule has 0 fully saturated rings. The normalized spacial score (nSPS) is 14.1. The van der Waals surface area contributed by atoms with Crippen LogP contribution in [-0.4, -0.2) is 43.6 Å². The Morgan fingerprint density at radius 3 is 2.44 bits per heavy atom. The second kappa shape index (κ2) is 6.66. The third-order valence-corrected chi connectivity index (χ3v) is 1.81. The van der Waals surface area contributed by atoms with E-state index in [2.05, 4.69) is 4.29 Å². The van der Waals surface area contributed by atoms with Crippen molar-refractivity contribution in [1.82, 2.24) is 4.90 Å². The summed E-state index contributed by atoms with van der Waals surface area (Å²) < 4.78 is 35.8. The lowest BCUT2D eigenvalue weighted by Crippen LogP contribution is -2.61. The van der Waals surface area contributed by atoms with Crippen molar-refractivity contribution in [2.75, 3.05) is 27.9 Å². The lowest BCUT2D eigenvalue weighted by Gasteiger charge is -2.10. The van der Waals surface area contributed by atoms with Crippen molar-refractivity contribution >= 4 is 6.21 Å². The zero-order valence-corrected chi connectivity index (χ0v) is 10.3. The Hall–Kier alpha value is -0.860. The molecule has 7 nitrogen and oxygen atoms in total. The number of hydrogen-bond acceptors (Lipinski definition) is 6. The summed E-state index contributed by atoms with van der Waals surface area (Å²) in [6.07, 6.45) is 3.79. The van der Waals surface area contributed by atoms with E-state index < -0.39 is 10.2 Å². The third kappa shape index (κ3) is 9.69. The molecule has 0 aliphatic heterocycles. The summed E-state index contributed by atoms with van der Waals surface area (Å²) in [5.41, 5.74) is 6.25. The molecule has 0 spiro atoms. The summed E-state index contributed by atoms with van der Waals surface area (Å²) in [6.45, 7) is -0.331. The summed E-state index contributed by atoms with van der Waals surface area (Å²) in [5, 5.41) is 0. The molecule has 2 N–H and O–H groups in total. The van der Waals surface area contributed by atoms with E-state index >= 15 is 0 Å². The molecule has 0 aromatic rings. The highest BCUT2D eigenvalue weighted by Gasteiger charge is 2.20. The summed E-state index contributed by atoms with van der Waals surface area (Å²) >= 11 is 0. The predicted molar refractivity (Wildman–Crippen MR) is 48.8 cm³/mol. The van der Waals surface area contributed by atoms with E-state index in [0.717, 1.165) is 0 Å². The molecule has 0 atom stereocenters. The fourth-order valence-corrected chi connectivity index (χ4v) is 1.11. The van der Waals surface area contributed by atoms with Gasteiger partial charge in [-0.3, -0.25) is 0 Å². The molecule has 0 unspecified atom stereocenters. The fourth-order valence-electron chi connectivity index (χ4n) is 0.835. The summed E-state index contributed by atoms with van der Waals surface area (Å²) in [6, 6.07) is 0. The molecule has 0 aliphatic rings. The topological polar surface area (TPSA) is 111 Å². The molecular weight excluding hydrogens is 238 g/mol. The van der Waals surface area contributed by atoms with Gasteiger partial charge in [-0.25, -0.2) is 4.58 Å². The molecule has 0 aliphatic carbocycles. The van der Waals surface area contributed by atoms with Crippen molar-refractivity contribution in [3.8, 4) is 0 Å². The first kappa shape index (κ1) is 15.1. The molecule has 0 bridgehead atoms. The van der Waals surface area contributed by atoms with Crippen molar-refractivity contribution in [3.63, 3.8) is 0 Å². The predicted octanol–water partition coefficient (Wildman–Crippen LogP) is -3.68. The Kier molecular flexibility index (Phi) is 6.31. The first-order chi connectivity index (χ1) is 7.20. The van der Waals surface area contributed by atoms with Crippen LogP contribution in [0.2, 0.25) is 0 Å². The van der Waals surface area contributed by atoms with Crippen LogP contribution < -0.4 is 19.7 Å². The monoisotopic (exact) mass is 254 g/mol. The van der Waals surface area contributed by atoms with Crippen LogP contribution >= 0.6 is 0 Å². The van der Waals surface area contributed by atoms with Crippen LogP contribution in [0.15, 0.2) is 11.9 Å². The van der Waals surface area contributed by atoms with Gasteiger partial charge in [0.15, 0.2) is 0 Å². The number of allylic oxidation sites excluding steroid dienone is 1. The molecule has 0 aromatic heterocycles. The molecule has 0 aromatic carbocycles. The van der Waals surface area contributed by atoms with Crippen LogP contribution in [0.1, 0.15) is 6.42 Å². The minimum Gasteiger partial charge on any atom is -0.400 e. The van der Waals surface area contributed by atoms with E-state index in [9.17, 15) is 14.0 Å². The van der Waals surface area contributed by atoms with Gasteiger partial charge in [-0.2, -0.15) is 14.0 Å². The lowest BCUT2D eigenvalue weighted by atomic mass is 10.3. The van der Waals surface area contributed by atoms with E-state index in [-0.39, 0.29) is 6.73 Å². The van der Waals surface area contributed by atoms with Crippen LogP contribution in [0.25, 0.3) is 0 Å². The van der Waals surface area contributed by atoms with Crippen molar-refractivity contribution in [2.24, 2.45) is 5.73 Å². The van der Waals surface area contributed by atoms with Crippen molar-refractivity contribution in [2.45, 2.75) is 6.42 Å². The second-order valence-electron chi connectivity index (χ2n) is 3.43. The quantitative estimate of drug-likeness (QED) is 0.297. The Balaban J connectivity index is 4.05. The zero-order chi connectivity index (χ0) is 12.8. The Morgan fingerprint density at radius 2 is 2.00 bits per heavy atom. The molecular formula is C8H17ClN3O4+. The number of nitrogens with zero attached hydrogens (tertiary/aromatic N) is 2. The van der Waals surface area contributed by atoms with Gasteiger partial charge in [0.05, 0.1) is 16.7 Å². The molecule has 16 heavy (non-hydrogen) atoms. The van der Waals surface area contributed by atoms with E-state index in [1.54, 1.807) is 24.4 Å². The molecule has 94 valence electrons. The summed E-state index contributed by atoms with van der Waals surface area (Å²) in [5.74, 6) is 0. The number of nitrogens with two attached hydrogens (primary N) is 1. The van der Waals surface area contributed by atoms with Gasteiger partial charge in [0.2, 0.25) is 0 Å². The third-order valence-electron chi connectivity index (χ3n) is 1.45. The molecule has 8 heteroatoms. The van der Waals surface area contributed by atoms with Crippen LogP contribution in [0.4, 0.5) is 0 Å². The van der Waals surface area contributed by atoms with E-state index in [1.165, 1.54) is 4.58 Å².